The van der Waals surface area contributed by atoms with E-state index in [-0.39, 0.29) is 6.04 Å². The maximum absolute atomic E-state index is 12.3. The van der Waals surface area contributed by atoms with Crippen molar-refractivity contribution in [1.29, 1.82) is 0 Å². The zero-order chi connectivity index (χ0) is 15.3. The van der Waals surface area contributed by atoms with Crippen molar-refractivity contribution in [2.45, 2.75) is 37.6 Å². The lowest BCUT2D eigenvalue weighted by molar-refractivity contribution is 0.0699. The maximum atomic E-state index is 12.3. The van der Waals surface area contributed by atoms with Crippen LogP contribution in [0.4, 0.5) is 5.69 Å². The van der Waals surface area contributed by atoms with Gasteiger partial charge in [-0.05, 0) is 44.7 Å². The van der Waals surface area contributed by atoms with Crippen LogP contribution in [-0.4, -0.2) is 34.2 Å². The Hall–Kier alpha value is -1.11. The number of anilines is 1. The zero-order valence-electron chi connectivity index (χ0n) is 12.6. The van der Waals surface area contributed by atoms with Crippen LogP contribution in [0.25, 0.3) is 0 Å². The highest BCUT2D eigenvalue weighted by Crippen LogP contribution is 2.23. The lowest BCUT2D eigenvalue weighted by atomic mass is 10.0. The summed E-state index contributed by atoms with van der Waals surface area (Å²) < 4.78 is 32.7. The smallest absolute Gasteiger partial charge is 0.242 e. The lowest BCUT2D eigenvalue weighted by Crippen LogP contribution is -2.31. The molecule has 2 rings (SSSR count). The minimum atomic E-state index is -3.48. The first kappa shape index (κ1) is 16.3. The average Bonchev–Trinajstić information content (AvgIpc) is 2.45. The molecule has 0 unspecified atom stereocenters. The van der Waals surface area contributed by atoms with E-state index in [9.17, 15) is 8.42 Å². The van der Waals surface area contributed by atoms with E-state index in [1.165, 1.54) is 0 Å². The van der Waals surface area contributed by atoms with Gasteiger partial charge in [0.15, 0.2) is 0 Å². The normalized spacial score (nSPS) is 17.1. The van der Waals surface area contributed by atoms with E-state index < -0.39 is 10.0 Å². The van der Waals surface area contributed by atoms with Crippen molar-refractivity contribution >= 4 is 15.7 Å². The number of rotatable bonds is 6. The first-order valence-corrected chi connectivity index (χ1v) is 8.90. The Kier molecular flexibility index (Phi) is 5.61. The van der Waals surface area contributed by atoms with E-state index in [1.807, 2.05) is 26.0 Å². The van der Waals surface area contributed by atoms with E-state index in [0.717, 1.165) is 32.6 Å². The molecule has 0 atom stereocenters. The van der Waals surface area contributed by atoms with Gasteiger partial charge in [0, 0.05) is 25.8 Å². The molecular weight excluding hydrogens is 288 g/mol. The molecule has 0 aliphatic carbocycles. The Labute approximate surface area is 127 Å². The fraction of sp³-hybridized carbons (Fsp3) is 0.600. The molecule has 6 heteroatoms. The fourth-order valence-corrected chi connectivity index (χ4v) is 3.86. The number of ether oxygens (including phenoxy) is 1. The van der Waals surface area contributed by atoms with E-state index in [0.29, 0.717) is 16.5 Å². The van der Waals surface area contributed by atoms with Crippen LogP contribution in [0, 0.1) is 5.92 Å². The standard InChI is InChI=1S/C15H24N2O3S/c1-12(2)17-21(18,19)15-6-4-3-5-14(15)16-11-13-7-9-20-10-8-13/h3-6,12-13,16-17H,7-11H2,1-2H3. The van der Waals surface area contributed by atoms with Gasteiger partial charge in [-0.3, -0.25) is 0 Å². The molecule has 1 aromatic rings. The Morgan fingerprint density at radius 3 is 2.57 bits per heavy atom. The average molecular weight is 312 g/mol. The Bertz CT molecular complexity index is 552. The van der Waals surface area contributed by atoms with Crippen LogP contribution in [0.2, 0.25) is 0 Å². The van der Waals surface area contributed by atoms with Crippen molar-refractivity contribution in [1.82, 2.24) is 4.72 Å². The van der Waals surface area contributed by atoms with E-state index in [4.69, 9.17) is 4.74 Å². The van der Waals surface area contributed by atoms with Gasteiger partial charge < -0.3 is 10.1 Å². The van der Waals surface area contributed by atoms with Crippen LogP contribution in [0.5, 0.6) is 0 Å². The predicted octanol–water partition coefficient (Wildman–Crippen LogP) is 2.21. The van der Waals surface area contributed by atoms with Gasteiger partial charge in [0.1, 0.15) is 4.90 Å². The highest BCUT2D eigenvalue weighted by atomic mass is 32.2. The van der Waals surface area contributed by atoms with Gasteiger partial charge in [-0.1, -0.05) is 12.1 Å². The molecular formula is C15H24N2O3S. The highest BCUT2D eigenvalue weighted by Gasteiger charge is 2.20. The molecule has 1 saturated heterocycles. The van der Waals surface area contributed by atoms with Gasteiger partial charge >= 0.3 is 0 Å². The number of hydrogen-bond donors (Lipinski definition) is 2. The maximum Gasteiger partial charge on any atom is 0.242 e. The predicted molar refractivity (Wildman–Crippen MR) is 83.9 cm³/mol. The first-order valence-electron chi connectivity index (χ1n) is 7.42. The molecule has 0 saturated carbocycles. The fourth-order valence-electron chi connectivity index (χ4n) is 2.43. The molecule has 1 aliphatic rings. The second kappa shape index (κ2) is 7.24. The third-order valence-corrected chi connectivity index (χ3v) is 5.21. The lowest BCUT2D eigenvalue weighted by Gasteiger charge is -2.23. The third kappa shape index (κ3) is 4.69. The Morgan fingerprint density at radius 1 is 1.24 bits per heavy atom. The Balaban J connectivity index is 2.09. The van der Waals surface area contributed by atoms with Crippen LogP contribution in [0.15, 0.2) is 29.2 Å². The quantitative estimate of drug-likeness (QED) is 0.845. The Morgan fingerprint density at radius 2 is 1.90 bits per heavy atom. The van der Waals surface area contributed by atoms with Crippen molar-refractivity contribution < 1.29 is 13.2 Å². The summed E-state index contributed by atoms with van der Waals surface area (Å²) in [6.45, 7) is 5.99. The minimum Gasteiger partial charge on any atom is -0.384 e. The number of nitrogens with one attached hydrogen (secondary N) is 2. The molecule has 0 aromatic heterocycles. The zero-order valence-corrected chi connectivity index (χ0v) is 13.4. The molecule has 21 heavy (non-hydrogen) atoms. The topological polar surface area (TPSA) is 67.4 Å². The van der Waals surface area contributed by atoms with Crippen LogP contribution in [0.1, 0.15) is 26.7 Å². The summed E-state index contributed by atoms with van der Waals surface area (Å²) in [7, 11) is -3.48. The molecule has 5 nitrogen and oxygen atoms in total. The molecule has 0 radical (unpaired) electrons. The molecule has 1 fully saturated rings. The van der Waals surface area contributed by atoms with Gasteiger partial charge in [-0.15, -0.1) is 0 Å². The monoisotopic (exact) mass is 312 g/mol. The minimum absolute atomic E-state index is 0.126. The highest BCUT2D eigenvalue weighted by molar-refractivity contribution is 7.89. The van der Waals surface area contributed by atoms with Crippen molar-refractivity contribution in [3.05, 3.63) is 24.3 Å². The summed E-state index contributed by atoms with van der Waals surface area (Å²) in [6.07, 6.45) is 2.04. The van der Waals surface area contributed by atoms with Gasteiger partial charge in [0.25, 0.3) is 0 Å². The second-order valence-electron chi connectivity index (χ2n) is 5.71. The number of sulfonamides is 1. The number of hydrogen-bond acceptors (Lipinski definition) is 4. The molecule has 118 valence electrons. The van der Waals surface area contributed by atoms with Crippen molar-refractivity contribution in [2.75, 3.05) is 25.1 Å². The molecule has 0 amide bonds. The van der Waals surface area contributed by atoms with Crippen molar-refractivity contribution in [3.8, 4) is 0 Å². The van der Waals surface area contributed by atoms with Crippen molar-refractivity contribution in [3.63, 3.8) is 0 Å². The van der Waals surface area contributed by atoms with Crippen LogP contribution in [-0.2, 0) is 14.8 Å². The second-order valence-corrected chi connectivity index (χ2v) is 7.39. The van der Waals surface area contributed by atoms with Crippen molar-refractivity contribution in [2.24, 2.45) is 5.92 Å². The van der Waals surface area contributed by atoms with Gasteiger partial charge in [-0.2, -0.15) is 0 Å². The van der Waals surface area contributed by atoms with E-state index in [2.05, 4.69) is 10.0 Å². The van der Waals surface area contributed by atoms with E-state index in [1.54, 1.807) is 12.1 Å². The molecule has 1 heterocycles. The SMILES string of the molecule is CC(C)NS(=O)(=O)c1ccccc1NCC1CCOCC1. The molecule has 0 spiro atoms. The molecule has 1 aliphatic heterocycles. The molecule has 0 bridgehead atoms. The largest absolute Gasteiger partial charge is 0.384 e. The summed E-state index contributed by atoms with van der Waals surface area (Å²) >= 11 is 0. The molecule has 1 aromatic carbocycles. The van der Waals surface area contributed by atoms with Gasteiger partial charge in [0.05, 0.1) is 5.69 Å². The summed E-state index contributed by atoms with van der Waals surface area (Å²) in [5.41, 5.74) is 0.664. The van der Waals surface area contributed by atoms with E-state index >= 15 is 0 Å². The summed E-state index contributed by atoms with van der Waals surface area (Å²) in [5, 5.41) is 3.29. The summed E-state index contributed by atoms with van der Waals surface area (Å²) in [5.74, 6) is 0.535. The molecule has 2 N–H and O–H groups in total. The summed E-state index contributed by atoms with van der Waals surface area (Å²) in [6, 6.07) is 6.92. The van der Waals surface area contributed by atoms with Gasteiger partial charge in [-0.25, -0.2) is 13.1 Å². The van der Waals surface area contributed by atoms with Crippen LogP contribution in [0.3, 0.4) is 0 Å². The van der Waals surface area contributed by atoms with Crippen LogP contribution >= 0.6 is 0 Å². The van der Waals surface area contributed by atoms with Gasteiger partial charge in [0.2, 0.25) is 10.0 Å². The van der Waals surface area contributed by atoms with Crippen LogP contribution < -0.4 is 10.0 Å². The summed E-state index contributed by atoms with van der Waals surface area (Å²) in [4.78, 5) is 0.311. The third-order valence-electron chi connectivity index (χ3n) is 3.49. The number of benzene rings is 1. The number of para-hydroxylation sites is 1. The first-order chi connectivity index (χ1) is 9.99.